The first-order valence-electron chi connectivity index (χ1n) is 4.22. The molecule has 0 aromatic heterocycles. The molecule has 15 heavy (non-hydrogen) atoms. The third kappa shape index (κ3) is 5.68. The molecule has 0 saturated heterocycles. The Bertz CT molecular complexity index is 322. The Balaban J connectivity index is 0.000000162. The minimum absolute atomic E-state index is 0.438. The van der Waals surface area contributed by atoms with Gasteiger partial charge in [0.05, 0.1) is 10.0 Å². The molecule has 0 heterocycles. The molecule has 0 saturated carbocycles. The fourth-order valence-electron chi connectivity index (χ4n) is 0.855. The molecule has 1 radical (unpaired) electrons. The van der Waals surface area contributed by atoms with Gasteiger partial charge in [-0.25, -0.2) is 0 Å². The largest absolute Gasteiger partial charge is 0.0842 e. The summed E-state index contributed by atoms with van der Waals surface area (Å²) in [6.07, 6.45) is 0. The van der Waals surface area contributed by atoms with Crippen LogP contribution in [0.4, 0.5) is 0 Å². The summed E-state index contributed by atoms with van der Waals surface area (Å²) in [5.41, 5.74) is 0. The monoisotopic (exact) mass is 257 g/mol. The Hall–Kier alpha value is -0.690. The van der Waals surface area contributed by atoms with Crippen molar-refractivity contribution in [3.8, 4) is 0 Å². The Kier molecular flexibility index (Phi) is 5.56. The van der Waals surface area contributed by atoms with E-state index in [0.29, 0.717) is 15.1 Å². The summed E-state index contributed by atoms with van der Waals surface area (Å²) in [7, 11) is 0. The summed E-state index contributed by atoms with van der Waals surface area (Å²) in [4.78, 5) is 0. The number of halogens is 3. The van der Waals surface area contributed by atoms with Crippen LogP contribution in [0.3, 0.4) is 0 Å². The molecule has 0 N–H and O–H groups in total. The van der Waals surface area contributed by atoms with Gasteiger partial charge in [-0.3, -0.25) is 0 Å². The van der Waals surface area contributed by atoms with Gasteiger partial charge in [0.25, 0.3) is 0 Å². The minimum Gasteiger partial charge on any atom is -0.0842 e. The topological polar surface area (TPSA) is 0 Å². The number of hydrogen-bond donors (Lipinski definition) is 0. The van der Waals surface area contributed by atoms with E-state index < -0.39 is 0 Å². The van der Waals surface area contributed by atoms with Gasteiger partial charge in [0.15, 0.2) is 0 Å². The number of rotatable bonds is 0. The van der Waals surface area contributed by atoms with E-state index >= 15 is 0 Å². The maximum absolute atomic E-state index is 5.56. The molecule has 0 aliphatic heterocycles. The highest BCUT2D eigenvalue weighted by molar-refractivity contribution is 6.38. The second kappa shape index (κ2) is 6.73. The van der Waals surface area contributed by atoms with Gasteiger partial charge in [-0.1, -0.05) is 71.2 Å². The lowest BCUT2D eigenvalue weighted by Gasteiger charge is -1.90. The van der Waals surface area contributed by atoms with Crippen molar-refractivity contribution in [2.24, 2.45) is 0 Å². The van der Waals surface area contributed by atoms with Gasteiger partial charge in [-0.05, 0) is 12.1 Å². The molecular formula is C12H8Cl3. The van der Waals surface area contributed by atoms with Crippen molar-refractivity contribution in [2.75, 3.05) is 0 Å². The Morgan fingerprint density at radius 2 is 1.00 bits per heavy atom. The van der Waals surface area contributed by atoms with Gasteiger partial charge >= 0.3 is 0 Å². The van der Waals surface area contributed by atoms with E-state index in [0.717, 1.165) is 0 Å². The van der Waals surface area contributed by atoms with Crippen molar-refractivity contribution in [1.29, 1.82) is 0 Å². The molecule has 0 aliphatic rings. The first-order chi connectivity index (χ1) is 7.18. The second-order valence-electron chi connectivity index (χ2n) is 2.65. The molecule has 2 rings (SSSR count). The van der Waals surface area contributed by atoms with E-state index in [9.17, 15) is 0 Å². The van der Waals surface area contributed by atoms with Crippen molar-refractivity contribution < 1.29 is 0 Å². The van der Waals surface area contributed by atoms with Gasteiger partial charge in [0.2, 0.25) is 0 Å². The third-order valence-corrected chi connectivity index (χ3v) is 2.06. The van der Waals surface area contributed by atoms with Gasteiger partial charge < -0.3 is 0 Å². The van der Waals surface area contributed by atoms with Crippen LogP contribution in [0.2, 0.25) is 15.1 Å². The second-order valence-corrected chi connectivity index (χ2v) is 3.90. The van der Waals surface area contributed by atoms with Gasteiger partial charge in [-0.2, -0.15) is 0 Å². The zero-order valence-electron chi connectivity index (χ0n) is 7.75. The van der Waals surface area contributed by atoms with Crippen LogP contribution < -0.4 is 0 Å². The smallest absolute Gasteiger partial charge is 0.0515 e. The predicted molar refractivity (Wildman–Crippen MR) is 66.8 cm³/mol. The number of hydrogen-bond acceptors (Lipinski definition) is 0. The van der Waals surface area contributed by atoms with Gasteiger partial charge in [0, 0.05) is 11.1 Å². The minimum atomic E-state index is 0.438. The molecular weight excluding hydrogens is 250 g/mol. The lowest BCUT2D eigenvalue weighted by atomic mass is 10.4. The highest BCUT2D eigenvalue weighted by Crippen LogP contribution is 2.20. The molecule has 77 valence electrons. The fourth-order valence-corrected chi connectivity index (χ4v) is 1.67. The fraction of sp³-hybridized carbons (Fsp3) is 0. The summed E-state index contributed by atoms with van der Waals surface area (Å²) in [6.45, 7) is 0. The molecule has 3 heteroatoms. The highest BCUT2D eigenvalue weighted by atomic mass is 35.5. The maximum atomic E-state index is 5.56. The van der Waals surface area contributed by atoms with E-state index in [1.54, 1.807) is 12.1 Å². The van der Waals surface area contributed by atoms with Gasteiger partial charge in [-0.15, -0.1) is 0 Å². The molecule has 2 aromatic carbocycles. The maximum Gasteiger partial charge on any atom is 0.0515 e. The summed E-state index contributed by atoms with van der Waals surface area (Å²) >= 11 is 16.6. The molecule has 2 aromatic rings. The SMILES string of the molecule is Clc1[c]c(Cl)cc(Cl)c1.c1ccccc1. The Morgan fingerprint density at radius 3 is 1.27 bits per heavy atom. The average molecular weight is 259 g/mol. The lowest BCUT2D eigenvalue weighted by Crippen LogP contribution is -1.66. The molecule has 0 aliphatic carbocycles. The Morgan fingerprint density at radius 1 is 0.667 bits per heavy atom. The Labute approximate surface area is 104 Å². The molecule has 0 fully saturated rings. The first-order valence-corrected chi connectivity index (χ1v) is 5.36. The van der Waals surface area contributed by atoms with E-state index in [4.69, 9.17) is 34.8 Å². The van der Waals surface area contributed by atoms with Crippen LogP contribution in [0.15, 0.2) is 48.5 Å². The van der Waals surface area contributed by atoms with Gasteiger partial charge in [0.1, 0.15) is 0 Å². The summed E-state index contributed by atoms with van der Waals surface area (Å²) in [5.74, 6) is 0. The van der Waals surface area contributed by atoms with Crippen LogP contribution in [-0.4, -0.2) is 0 Å². The van der Waals surface area contributed by atoms with Crippen LogP contribution in [0, 0.1) is 6.07 Å². The lowest BCUT2D eigenvalue weighted by molar-refractivity contribution is 1.69. The van der Waals surface area contributed by atoms with Crippen LogP contribution >= 0.6 is 34.8 Å². The van der Waals surface area contributed by atoms with Crippen molar-refractivity contribution in [3.05, 3.63) is 69.7 Å². The van der Waals surface area contributed by atoms with Crippen molar-refractivity contribution in [1.82, 2.24) is 0 Å². The molecule has 0 bridgehead atoms. The zero-order chi connectivity index (χ0) is 11.1. The van der Waals surface area contributed by atoms with Crippen molar-refractivity contribution >= 4 is 34.8 Å². The predicted octanol–water partition coefficient (Wildman–Crippen LogP) is 5.13. The van der Waals surface area contributed by atoms with Crippen LogP contribution in [0.1, 0.15) is 0 Å². The summed E-state index contributed by atoms with van der Waals surface area (Å²) < 4.78 is 0. The van der Waals surface area contributed by atoms with Crippen molar-refractivity contribution in [2.45, 2.75) is 0 Å². The summed E-state index contributed by atoms with van der Waals surface area (Å²) in [6, 6.07) is 17.8. The van der Waals surface area contributed by atoms with E-state index in [1.807, 2.05) is 36.4 Å². The third-order valence-electron chi connectivity index (χ3n) is 1.43. The first kappa shape index (κ1) is 12.4. The number of benzene rings is 2. The van der Waals surface area contributed by atoms with E-state index in [2.05, 4.69) is 6.07 Å². The molecule has 0 nitrogen and oxygen atoms in total. The standard InChI is InChI=1S/C6H2Cl3.C6H6/c7-4-1-5(8)3-6(9)2-4;1-2-4-6-5-3-1/h1-2H;1-6H. The summed E-state index contributed by atoms with van der Waals surface area (Å²) in [5, 5.41) is 1.41. The molecule has 0 unspecified atom stereocenters. The molecule has 0 spiro atoms. The van der Waals surface area contributed by atoms with Crippen LogP contribution in [0.5, 0.6) is 0 Å². The van der Waals surface area contributed by atoms with E-state index in [-0.39, 0.29) is 0 Å². The highest BCUT2D eigenvalue weighted by Gasteiger charge is 1.93. The average Bonchev–Trinajstić information content (AvgIpc) is 2.19. The van der Waals surface area contributed by atoms with Crippen LogP contribution in [0.25, 0.3) is 0 Å². The normalized spacial score (nSPS) is 9.00. The molecule has 0 atom stereocenters. The quantitative estimate of drug-likeness (QED) is 0.614. The van der Waals surface area contributed by atoms with Crippen molar-refractivity contribution in [3.63, 3.8) is 0 Å². The molecule has 0 amide bonds. The van der Waals surface area contributed by atoms with E-state index in [1.165, 1.54) is 0 Å². The zero-order valence-corrected chi connectivity index (χ0v) is 10.0. The van der Waals surface area contributed by atoms with Crippen LogP contribution in [-0.2, 0) is 0 Å².